The van der Waals surface area contributed by atoms with E-state index in [-0.39, 0.29) is 26.5 Å². The zero-order chi connectivity index (χ0) is 32.7. The molecular formula is C42H34N5OPt-3. The normalized spacial score (nSPS) is 13.1. The van der Waals surface area contributed by atoms with E-state index < -0.39 is 0 Å². The first kappa shape index (κ1) is 31.2. The maximum atomic E-state index is 6.50. The molecule has 8 aromatic rings. The van der Waals surface area contributed by atoms with Crippen molar-refractivity contribution >= 4 is 60.7 Å². The van der Waals surface area contributed by atoms with Gasteiger partial charge in [-0.2, -0.15) is 18.8 Å². The molecule has 0 saturated heterocycles. The summed E-state index contributed by atoms with van der Waals surface area (Å²) in [5, 5.41) is 4.75. The van der Waals surface area contributed by atoms with Crippen LogP contribution in [0.3, 0.4) is 0 Å². The van der Waals surface area contributed by atoms with Gasteiger partial charge in [0, 0.05) is 79.0 Å². The number of aryl methyl sites for hydroxylation is 1. The van der Waals surface area contributed by atoms with Crippen molar-refractivity contribution < 1.29 is 25.8 Å². The van der Waals surface area contributed by atoms with Gasteiger partial charge in [0.05, 0.1) is 5.52 Å². The average Bonchev–Trinajstić information content (AvgIpc) is 3.71. The van der Waals surface area contributed by atoms with E-state index in [1.165, 1.54) is 33.1 Å². The van der Waals surface area contributed by atoms with Crippen LogP contribution in [0.15, 0.2) is 109 Å². The number of benzene rings is 5. The monoisotopic (exact) mass is 819 g/mol. The van der Waals surface area contributed by atoms with Crippen molar-refractivity contribution in [2.45, 2.75) is 26.2 Å². The molecule has 0 radical (unpaired) electrons. The van der Waals surface area contributed by atoms with E-state index in [9.17, 15) is 0 Å². The number of anilines is 3. The molecule has 0 spiro atoms. The van der Waals surface area contributed by atoms with E-state index in [0.29, 0.717) is 11.5 Å². The van der Waals surface area contributed by atoms with Crippen LogP contribution < -0.4 is 14.5 Å². The Labute approximate surface area is 300 Å². The molecule has 4 heterocycles. The Morgan fingerprint density at radius 1 is 0.714 bits per heavy atom. The van der Waals surface area contributed by atoms with Gasteiger partial charge in [0.1, 0.15) is 5.82 Å². The largest absolute Gasteiger partial charge is 0.509 e. The van der Waals surface area contributed by atoms with Gasteiger partial charge in [-0.15, -0.1) is 41.4 Å². The third kappa shape index (κ3) is 4.92. The molecule has 0 N–H and O–H groups in total. The standard InChI is InChI=1S/C42H34N5O.Pt/c1-42(2,3)27-21-22-43-39(23-27)47-35-16-9-6-13-31(35)32-18-17-30(25-38(32)47)48-29-12-10-11-28(24-29)46-26-44(4)41-37(46)20-19-36-40(41)33-14-7-8-15-34(33)45(36)5;/h6-23,26H,1-5H3;/q-3;. The van der Waals surface area contributed by atoms with Crippen molar-refractivity contribution in [3.8, 4) is 17.3 Å². The minimum absolute atomic E-state index is 0. The summed E-state index contributed by atoms with van der Waals surface area (Å²) in [6, 6.07) is 43.0. The van der Waals surface area contributed by atoms with E-state index in [1.807, 2.05) is 24.4 Å². The van der Waals surface area contributed by atoms with Crippen molar-refractivity contribution in [2.75, 3.05) is 16.8 Å². The van der Waals surface area contributed by atoms with Gasteiger partial charge in [0.25, 0.3) is 0 Å². The number of hydrogen-bond donors (Lipinski definition) is 0. The van der Waals surface area contributed by atoms with Crippen LogP contribution in [0.5, 0.6) is 11.5 Å². The molecule has 0 saturated carbocycles. The van der Waals surface area contributed by atoms with Gasteiger partial charge >= 0.3 is 0 Å². The first-order valence-corrected chi connectivity index (χ1v) is 16.3. The molecule has 9 rings (SSSR count). The Morgan fingerprint density at radius 2 is 1.47 bits per heavy atom. The van der Waals surface area contributed by atoms with Gasteiger partial charge in [-0.1, -0.05) is 62.7 Å². The fourth-order valence-corrected chi connectivity index (χ4v) is 7.19. The van der Waals surface area contributed by atoms with Crippen LogP contribution >= 0.6 is 0 Å². The molecule has 0 unspecified atom stereocenters. The van der Waals surface area contributed by atoms with Crippen molar-refractivity contribution in [1.82, 2.24) is 14.1 Å². The number of aromatic nitrogens is 3. The summed E-state index contributed by atoms with van der Waals surface area (Å²) >= 11 is 0. The van der Waals surface area contributed by atoms with Crippen LogP contribution in [0, 0.1) is 18.8 Å². The van der Waals surface area contributed by atoms with Crippen LogP contribution in [0.2, 0.25) is 0 Å². The molecule has 1 aliphatic rings. The third-order valence-electron chi connectivity index (χ3n) is 9.56. The number of para-hydroxylation sites is 2. The van der Waals surface area contributed by atoms with Gasteiger partial charge < -0.3 is 23.7 Å². The SMILES string of the molecule is CN1[CH-]N(c2[c-]c(Oc3[c-]c4c(cc3)c3ccccc3n4-c3cc(C(C)(C)C)ccn3)ccc2)c2ccc3c(c21)c1ccccc1n3C.[Pt]. The van der Waals surface area contributed by atoms with Crippen LogP contribution in [-0.4, -0.2) is 21.2 Å². The smallest absolute Gasteiger partial charge is 0.135 e. The van der Waals surface area contributed by atoms with Gasteiger partial charge in [-0.05, 0) is 59.8 Å². The first-order chi connectivity index (χ1) is 23.3. The molecule has 5 aromatic carbocycles. The van der Waals surface area contributed by atoms with E-state index in [2.05, 4.69) is 158 Å². The first-order valence-electron chi connectivity index (χ1n) is 16.3. The molecule has 7 heteroatoms. The summed E-state index contributed by atoms with van der Waals surface area (Å²) < 4.78 is 11.0. The maximum absolute atomic E-state index is 6.50. The third-order valence-corrected chi connectivity index (χ3v) is 9.56. The van der Waals surface area contributed by atoms with Crippen LogP contribution in [0.4, 0.5) is 17.1 Å². The second kappa shape index (κ2) is 11.5. The summed E-state index contributed by atoms with van der Waals surface area (Å²) in [6.45, 7) is 8.79. The van der Waals surface area contributed by atoms with Gasteiger partial charge in [-0.25, -0.2) is 4.98 Å². The van der Waals surface area contributed by atoms with E-state index in [1.54, 1.807) is 0 Å². The van der Waals surface area contributed by atoms with Crippen molar-refractivity contribution in [3.05, 3.63) is 134 Å². The van der Waals surface area contributed by atoms with Crippen molar-refractivity contribution in [2.24, 2.45) is 7.05 Å². The molecule has 0 bridgehead atoms. The zero-order valence-corrected chi connectivity index (χ0v) is 30.2. The fraction of sp³-hybridized carbons (Fsp3) is 0.143. The van der Waals surface area contributed by atoms with Gasteiger partial charge in [0.15, 0.2) is 0 Å². The summed E-state index contributed by atoms with van der Waals surface area (Å²) in [7, 11) is 4.24. The Balaban J connectivity index is 0.00000348. The number of pyridine rings is 1. The molecule has 0 fully saturated rings. The number of fused-ring (bicyclic) bond motifs is 8. The quantitative estimate of drug-likeness (QED) is 0.166. The summed E-state index contributed by atoms with van der Waals surface area (Å²) in [5.41, 5.74) is 8.85. The minimum atomic E-state index is -0.00172. The number of nitrogens with zero attached hydrogens (tertiary/aromatic N) is 5. The molecule has 1 aliphatic heterocycles. The molecular weight excluding hydrogens is 786 g/mol. The zero-order valence-electron chi connectivity index (χ0n) is 27.9. The van der Waals surface area contributed by atoms with Crippen LogP contribution in [0.25, 0.3) is 49.4 Å². The number of rotatable bonds is 4. The molecule has 0 aliphatic carbocycles. The Kier molecular flexibility index (Phi) is 7.35. The molecule has 0 atom stereocenters. The second-order valence-corrected chi connectivity index (χ2v) is 13.6. The predicted molar refractivity (Wildman–Crippen MR) is 197 cm³/mol. The Morgan fingerprint density at radius 3 is 2.29 bits per heavy atom. The number of hydrogen-bond acceptors (Lipinski definition) is 4. The predicted octanol–water partition coefficient (Wildman–Crippen LogP) is 10.2. The fourth-order valence-electron chi connectivity index (χ4n) is 7.19. The second-order valence-electron chi connectivity index (χ2n) is 13.6. The van der Waals surface area contributed by atoms with Crippen molar-refractivity contribution in [1.29, 1.82) is 0 Å². The van der Waals surface area contributed by atoms with Gasteiger partial charge in [0.2, 0.25) is 0 Å². The molecule has 49 heavy (non-hydrogen) atoms. The maximum Gasteiger partial charge on any atom is 0.135 e. The van der Waals surface area contributed by atoms with Crippen molar-refractivity contribution in [3.63, 3.8) is 0 Å². The van der Waals surface area contributed by atoms with E-state index >= 15 is 0 Å². The molecule has 6 nitrogen and oxygen atoms in total. The molecule has 246 valence electrons. The summed E-state index contributed by atoms with van der Waals surface area (Å²) in [6.07, 6.45) is 1.90. The van der Waals surface area contributed by atoms with Crippen LogP contribution in [0.1, 0.15) is 26.3 Å². The Bertz CT molecular complexity index is 2560. The van der Waals surface area contributed by atoms with E-state index in [0.717, 1.165) is 39.0 Å². The summed E-state index contributed by atoms with van der Waals surface area (Å²) in [4.78, 5) is 9.19. The average molecular weight is 820 g/mol. The Hall–Kier alpha value is -5.06. The topological polar surface area (TPSA) is 38.5 Å². The molecule has 0 amide bonds. The van der Waals surface area contributed by atoms with Crippen LogP contribution in [-0.2, 0) is 33.5 Å². The number of ether oxygens (including phenoxy) is 1. The van der Waals surface area contributed by atoms with E-state index in [4.69, 9.17) is 9.72 Å². The molecule has 3 aromatic heterocycles. The summed E-state index contributed by atoms with van der Waals surface area (Å²) in [5.74, 6) is 2.10. The van der Waals surface area contributed by atoms with Gasteiger partial charge in [-0.3, -0.25) is 0 Å². The minimum Gasteiger partial charge on any atom is -0.509 e.